The maximum atomic E-state index is 9.29. The average molecular weight is 578 g/mol. The van der Waals surface area contributed by atoms with E-state index in [2.05, 4.69) is 155 Å². The van der Waals surface area contributed by atoms with E-state index in [1.54, 1.807) is 0 Å². The number of nitriles is 1. The van der Waals surface area contributed by atoms with E-state index in [1.165, 1.54) is 21.9 Å². The lowest BCUT2D eigenvalue weighted by Crippen LogP contribution is -2.10. The normalized spacial score (nSPS) is 10.8. The van der Waals surface area contributed by atoms with Gasteiger partial charge in [-0.05, 0) is 88.3 Å². The molecule has 45 heavy (non-hydrogen) atoms. The Bertz CT molecular complexity index is 2100. The average Bonchev–Trinajstić information content (AvgIpc) is 3.12. The topological polar surface area (TPSA) is 30.3 Å². The van der Waals surface area contributed by atoms with Gasteiger partial charge in [-0.3, -0.25) is 0 Å². The minimum Gasteiger partial charge on any atom is -0.345 e. The highest BCUT2D eigenvalue weighted by Gasteiger charge is 2.16. The molecule has 0 aliphatic heterocycles. The molecule has 0 aliphatic carbocycles. The van der Waals surface area contributed by atoms with Gasteiger partial charge < -0.3 is 9.80 Å². The molecule has 0 spiro atoms. The molecule has 3 heteroatoms. The number of benzene rings is 7. The summed E-state index contributed by atoms with van der Waals surface area (Å²) in [7, 11) is 2.02. The molecule has 0 aliphatic rings. The lowest BCUT2D eigenvalue weighted by molar-refractivity contribution is 1.21. The Morgan fingerprint density at radius 1 is 0.444 bits per heavy atom. The Balaban J connectivity index is 1.22. The van der Waals surface area contributed by atoms with Crippen molar-refractivity contribution in [3.05, 3.63) is 175 Å². The second-order valence-corrected chi connectivity index (χ2v) is 11.1. The van der Waals surface area contributed by atoms with Crippen LogP contribution < -0.4 is 9.80 Å². The molecule has 0 atom stereocenters. The van der Waals surface area contributed by atoms with E-state index in [-0.39, 0.29) is 0 Å². The molecular weight excluding hydrogens is 546 g/mol. The Morgan fingerprint density at radius 2 is 0.956 bits per heavy atom. The van der Waals surface area contributed by atoms with Crippen molar-refractivity contribution in [2.45, 2.75) is 0 Å². The van der Waals surface area contributed by atoms with Gasteiger partial charge in [-0.15, -0.1) is 0 Å². The van der Waals surface area contributed by atoms with Gasteiger partial charge in [0.15, 0.2) is 0 Å². The van der Waals surface area contributed by atoms with Crippen LogP contribution in [-0.2, 0) is 0 Å². The standard InChI is InChI=1S/C42H31N3/c1-44(40-14-7-9-31(29-40)30-43)37-23-17-34(18-24-37)35-21-27-39(28-22-35)45(42-16-8-13-36-12-5-6-15-41(36)42)38-25-19-33(20-26-38)32-10-3-2-4-11-32/h2-29H,1H3. The van der Waals surface area contributed by atoms with Gasteiger partial charge in [0.05, 0.1) is 17.3 Å². The van der Waals surface area contributed by atoms with Gasteiger partial charge in [0.25, 0.3) is 0 Å². The molecular formula is C42H31N3. The van der Waals surface area contributed by atoms with Gasteiger partial charge in [-0.2, -0.15) is 5.26 Å². The molecule has 7 aromatic rings. The first-order valence-corrected chi connectivity index (χ1v) is 15.1. The molecule has 0 bridgehead atoms. The van der Waals surface area contributed by atoms with E-state index in [9.17, 15) is 5.26 Å². The van der Waals surface area contributed by atoms with Crippen LogP contribution in [0.25, 0.3) is 33.0 Å². The molecule has 0 saturated heterocycles. The summed E-state index contributed by atoms with van der Waals surface area (Å²) in [4.78, 5) is 4.44. The largest absolute Gasteiger partial charge is 0.345 e. The van der Waals surface area contributed by atoms with Crippen molar-refractivity contribution >= 4 is 39.2 Å². The highest BCUT2D eigenvalue weighted by molar-refractivity contribution is 5.99. The van der Waals surface area contributed by atoms with Gasteiger partial charge >= 0.3 is 0 Å². The fourth-order valence-electron chi connectivity index (χ4n) is 5.88. The molecule has 7 aromatic carbocycles. The van der Waals surface area contributed by atoms with Crippen LogP contribution in [0.4, 0.5) is 28.4 Å². The predicted molar refractivity (Wildman–Crippen MR) is 189 cm³/mol. The molecule has 0 fully saturated rings. The van der Waals surface area contributed by atoms with Gasteiger partial charge in [0, 0.05) is 35.2 Å². The minimum atomic E-state index is 0.653. The van der Waals surface area contributed by atoms with Crippen LogP contribution >= 0.6 is 0 Å². The molecule has 0 unspecified atom stereocenters. The second-order valence-electron chi connectivity index (χ2n) is 11.1. The van der Waals surface area contributed by atoms with E-state index < -0.39 is 0 Å². The Kier molecular flexibility index (Phi) is 7.54. The van der Waals surface area contributed by atoms with Crippen molar-refractivity contribution in [1.82, 2.24) is 0 Å². The van der Waals surface area contributed by atoms with E-state index in [4.69, 9.17) is 0 Å². The lowest BCUT2D eigenvalue weighted by atomic mass is 10.0. The molecule has 3 nitrogen and oxygen atoms in total. The second kappa shape index (κ2) is 12.2. The zero-order valence-electron chi connectivity index (χ0n) is 25.0. The molecule has 0 amide bonds. The smallest absolute Gasteiger partial charge is 0.0992 e. The van der Waals surface area contributed by atoms with Crippen molar-refractivity contribution in [3.8, 4) is 28.3 Å². The third-order valence-corrected chi connectivity index (χ3v) is 8.32. The Morgan fingerprint density at radius 3 is 1.58 bits per heavy atom. The summed E-state index contributed by atoms with van der Waals surface area (Å²) >= 11 is 0. The van der Waals surface area contributed by atoms with Crippen molar-refractivity contribution in [3.63, 3.8) is 0 Å². The van der Waals surface area contributed by atoms with Crippen LogP contribution in [0.5, 0.6) is 0 Å². The molecule has 0 radical (unpaired) electrons. The summed E-state index contributed by atoms with van der Waals surface area (Å²) in [5.74, 6) is 0. The molecule has 0 N–H and O–H groups in total. The number of hydrogen-bond acceptors (Lipinski definition) is 3. The fourth-order valence-corrected chi connectivity index (χ4v) is 5.88. The van der Waals surface area contributed by atoms with Gasteiger partial charge in [0.2, 0.25) is 0 Å². The summed E-state index contributed by atoms with van der Waals surface area (Å²) in [5.41, 5.74) is 10.7. The van der Waals surface area contributed by atoms with Gasteiger partial charge in [0.1, 0.15) is 0 Å². The van der Waals surface area contributed by atoms with Crippen molar-refractivity contribution < 1.29 is 0 Å². The first-order chi connectivity index (χ1) is 22.2. The summed E-state index contributed by atoms with van der Waals surface area (Å²) in [5, 5.41) is 11.7. The lowest BCUT2D eigenvalue weighted by Gasteiger charge is -2.27. The number of nitrogens with zero attached hydrogens (tertiary/aromatic N) is 3. The maximum absolute atomic E-state index is 9.29. The van der Waals surface area contributed by atoms with E-state index in [0.717, 1.165) is 39.6 Å². The third-order valence-electron chi connectivity index (χ3n) is 8.32. The monoisotopic (exact) mass is 577 g/mol. The number of fused-ring (bicyclic) bond motifs is 1. The van der Waals surface area contributed by atoms with Crippen LogP contribution in [0.15, 0.2) is 170 Å². The first kappa shape index (κ1) is 27.7. The van der Waals surface area contributed by atoms with Crippen molar-refractivity contribution in [2.24, 2.45) is 0 Å². The van der Waals surface area contributed by atoms with Crippen molar-refractivity contribution in [1.29, 1.82) is 5.26 Å². The van der Waals surface area contributed by atoms with Crippen LogP contribution in [0.3, 0.4) is 0 Å². The third kappa shape index (κ3) is 5.66. The highest BCUT2D eigenvalue weighted by Crippen LogP contribution is 2.40. The molecule has 0 aromatic heterocycles. The van der Waals surface area contributed by atoms with E-state index >= 15 is 0 Å². The van der Waals surface area contributed by atoms with Crippen LogP contribution in [0, 0.1) is 11.3 Å². The van der Waals surface area contributed by atoms with Crippen LogP contribution in [-0.4, -0.2) is 7.05 Å². The van der Waals surface area contributed by atoms with E-state index in [0.29, 0.717) is 5.56 Å². The van der Waals surface area contributed by atoms with E-state index in [1.807, 2.05) is 37.4 Å². The maximum Gasteiger partial charge on any atom is 0.0992 e. The summed E-state index contributed by atoms with van der Waals surface area (Å²) in [6.07, 6.45) is 0. The van der Waals surface area contributed by atoms with Crippen LogP contribution in [0.1, 0.15) is 5.56 Å². The predicted octanol–water partition coefficient (Wildman–Crippen LogP) is 11.3. The Hall–Kier alpha value is -6.11. The fraction of sp³-hybridized carbons (Fsp3) is 0.0238. The number of hydrogen-bond donors (Lipinski definition) is 0. The van der Waals surface area contributed by atoms with Crippen LogP contribution in [0.2, 0.25) is 0 Å². The molecule has 0 saturated carbocycles. The highest BCUT2D eigenvalue weighted by atomic mass is 15.1. The zero-order valence-corrected chi connectivity index (χ0v) is 25.0. The first-order valence-electron chi connectivity index (χ1n) is 15.1. The van der Waals surface area contributed by atoms with Gasteiger partial charge in [-0.1, -0.05) is 109 Å². The summed E-state index contributed by atoms with van der Waals surface area (Å²) in [6.45, 7) is 0. The summed E-state index contributed by atoms with van der Waals surface area (Å²) < 4.78 is 0. The molecule has 214 valence electrons. The summed E-state index contributed by atoms with van der Waals surface area (Å²) in [6, 6.07) is 61.6. The van der Waals surface area contributed by atoms with Gasteiger partial charge in [-0.25, -0.2) is 0 Å². The number of anilines is 5. The Labute approximate surface area is 264 Å². The zero-order chi connectivity index (χ0) is 30.6. The number of rotatable bonds is 7. The molecule has 0 heterocycles. The SMILES string of the molecule is CN(c1ccc(-c2ccc(N(c3ccc(-c4ccccc4)cc3)c3cccc4ccccc34)cc2)cc1)c1cccc(C#N)c1. The molecule has 7 rings (SSSR count). The van der Waals surface area contributed by atoms with Crippen molar-refractivity contribution in [2.75, 3.05) is 16.8 Å². The minimum absolute atomic E-state index is 0.653. The quantitative estimate of drug-likeness (QED) is 0.189.